The maximum absolute atomic E-state index is 12.3. The Balaban J connectivity index is 1.71. The zero-order valence-electron chi connectivity index (χ0n) is 14.1. The normalized spacial score (nSPS) is 44.3. The lowest BCUT2D eigenvalue weighted by molar-refractivity contribution is -0.154. The third-order valence-corrected chi connectivity index (χ3v) is 7.65. The zero-order chi connectivity index (χ0) is 15.4. The van der Waals surface area contributed by atoms with Gasteiger partial charge in [-0.15, -0.1) is 0 Å². The number of rotatable bonds is 3. The van der Waals surface area contributed by atoms with Crippen molar-refractivity contribution >= 4 is 5.91 Å². The lowest BCUT2D eigenvalue weighted by Gasteiger charge is -2.64. The molecule has 0 aromatic heterocycles. The first-order chi connectivity index (χ1) is 10.6. The number of hydrogen-bond acceptors (Lipinski definition) is 1. The summed E-state index contributed by atoms with van der Waals surface area (Å²) in [5, 5.41) is 0. The summed E-state index contributed by atoms with van der Waals surface area (Å²) in [5.41, 5.74) is 7.93. The average Bonchev–Trinajstić information content (AvgIpc) is 2.51. The van der Waals surface area contributed by atoms with Crippen molar-refractivity contribution in [2.45, 2.75) is 77.6 Å². The predicted molar refractivity (Wildman–Crippen MR) is 89.1 cm³/mol. The number of hydrogen-bond donors (Lipinski definition) is 1. The summed E-state index contributed by atoms with van der Waals surface area (Å²) in [6.07, 6.45) is 16.6. The minimum atomic E-state index is -0.158. The first kappa shape index (κ1) is 14.8. The Bertz CT molecular complexity index is 482. The summed E-state index contributed by atoms with van der Waals surface area (Å²) < 4.78 is 0. The van der Waals surface area contributed by atoms with Gasteiger partial charge in [0.25, 0.3) is 0 Å². The number of nitrogens with two attached hydrogens (primary N) is 1. The van der Waals surface area contributed by atoms with Gasteiger partial charge in [0, 0.05) is 0 Å². The molecule has 22 heavy (non-hydrogen) atoms. The summed E-state index contributed by atoms with van der Waals surface area (Å²) in [4.78, 5) is 12.3. The first-order valence-electron chi connectivity index (χ1n) is 9.58. The molecule has 2 unspecified atom stereocenters. The second-order valence-corrected chi connectivity index (χ2v) is 8.84. The third-order valence-electron chi connectivity index (χ3n) is 7.65. The van der Waals surface area contributed by atoms with Crippen LogP contribution in [0.4, 0.5) is 0 Å². The van der Waals surface area contributed by atoms with Crippen LogP contribution in [-0.2, 0) is 4.79 Å². The fourth-order valence-corrected chi connectivity index (χ4v) is 7.05. The standard InChI is InChI=1S/C20H31NO/c1-2-6-17-14-9-19(16-7-4-3-5-8-16)10-15(17)12-20(11-14,13-19)18(21)22/h6,14-16H,2-5,7-13H2,1H3,(H2,21,22). The van der Waals surface area contributed by atoms with Crippen LogP contribution in [0, 0.1) is 28.6 Å². The molecule has 0 heterocycles. The Morgan fingerprint density at radius 1 is 1.14 bits per heavy atom. The van der Waals surface area contributed by atoms with E-state index in [1.807, 2.05) is 0 Å². The molecule has 2 atom stereocenters. The molecule has 0 aliphatic heterocycles. The van der Waals surface area contributed by atoms with Crippen LogP contribution < -0.4 is 5.73 Å². The lowest BCUT2D eigenvalue weighted by Crippen LogP contribution is -2.59. The number of amides is 1. The van der Waals surface area contributed by atoms with E-state index >= 15 is 0 Å². The smallest absolute Gasteiger partial charge is 0.223 e. The molecule has 5 saturated carbocycles. The van der Waals surface area contributed by atoms with E-state index in [1.54, 1.807) is 5.57 Å². The van der Waals surface area contributed by atoms with Crippen molar-refractivity contribution in [3.05, 3.63) is 11.6 Å². The van der Waals surface area contributed by atoms with Gasteiger partial charge in [0.05, 0.1) is 5.41 Å². The highest BCUT2D eigenvalue weighted by Gasteiger charge is 2.63. The molecule has 2 nitrogen and oxygen atoms in total. The van der Waals surface area contributed by atoms with Gasteiger partial charge in [-0.05, 0) is 74.5 Å². The Morgan fingerprint density at radius 3 is 2.32 bits per heavy atom. The SMILES string of the molecule is CCC=C1C2CC3(C(N)=O)CC1CC(C1CCCCC1)(C2)C3. The van der Waals surface area contributed by atoms with Crippen LogP contribution in [0.1, 0.15) is 77.6 Å². The minimum absolute atomic E-state index is 0.0117. The van der Waals surface area contributed by atoms with Crippen LogP contribution in [-0.4, -0.2) is 5.91 Å². The molecule has 2 N–H and O–H groups in total. The Kier molecular flexibility index (Phi) is 3.43. The summed E-state index contributed by atoms with van der Waals surface area (Å²) in [7, 11) is 0. The molecule has 1 amide bonds. The Labute approximate surface area is 134 Å². The van der Waals surface area contributed by atoms with Gasteiger partial charge in [-0.3, -0.25) is 4.79 Å². The number of carbonyl (C=O) groups is 1. The average molecular weight is 301 g/mol. The van der Waals surface area contributed by atoms with Crippen molar-refractivity contribution in [1.29, 1.82) is 0 Å². The van der Waals surface area contributed by atoms with Crippen molar-refractivity contribution in [3.63, 3.8) is 0 Å². The second kappa shape index (κ2) is 5.11. The maximum atomic E-state index is 12.3. The topological polar surface area (TPSA) is 43.1 Å². The van der Waals surface area contributed by atoms with Crippen LogP contribution in [0.2, 0.25) is 0 Å². The molecule has 2 heteroatoms. The van der Waals surface area contributed by atoms with Gasteiger partial charge >= 0.3 is 0 Å². The van der Waals surface area contributed by atoms with E-state index in [0.29, 0.717) is 17.3 Å². The van der Waals surface area contributed by atoms with E-state index in [1.165, 1.54) is 44.9 Å². The van der Waals surface area contributed by atoms with Gasteiger partial charge in [-0.25, -0.2) is 0 Å². The summed E-state index contributed by atoms with van der Waals surface area (Å²) in [6.45, 7) is 2.25. The highest BCUT2D eigenvalue weighted by Crippen LogP contribution is 2.70. The van der Waals surface area contributed by atoms with Crippen LogP contribution in [0.15, 0.2) is 11.6 Å². The molecular formula is C20H31NO. The number of carbonyl (C=O) groups excluding carboxylic acids is 1. The van der Waals surface area contributed by atoms with Gasteiger partial charge in [0.15, 0.2) is 0 Å². The molecule has 5 fully saturated rings. The van der Waals surface area contributed by atoms with Crippen LogP contribution >= 0.6 is 0 Å². The Hall–Kier alpha value is -0.790. The fourth-order valence-electron chi connectivity index (χ4n) is 7.05. The van der Waals surface area contributed by atoms with Crippen LogP contribution in [0.25, 0.3) is 0 Å². The molecule has 0 radical (unpaired) electrons. The lowest BCUT2D eigenvalue weighted by atomic mass is 9.39. The molecule has 0 aromatic rings. The summed E-state index contributed by atoms with van der Waals surface area (Å²) in [6, 6.07) is 0. The van der Waals surface area contributed by atoms with E-state index in [4.69, 9.17) is 5.73 Å². The number of primary amides is 1. The van der Waals surface area contributed by atoms with Crippen molar-refractivity contribution < 1.29 is 4.79 Å². The highest BCUT2D eigenvalue weighted by atomic mass is 16.1. The van der Waals surface area contributed by atoms with Crippen molar-refractivity contribution in [2.75, 3.05) is 0 Å². The molecule has 0 saturated heterocycles. The largest absolute Gasteiger partial charge is 0.369 e. The van der Waals surface area contributed by atoms with E-state index in [0.717, 1.165) is 31.6 Å². The van der Waals surface area contributed by atoms with Crippen molar-refractivity contribution in [1.82, 2.24) is 0 Å². The van der Waals surface area contributed by atoms with E-state index in [-0.39, 0.29) is 11.3 Å². The third kappa shape index (κ3) is 2.02. The Morgan fingerprint density at radius 2 is 1.77 bits per heavy atom. The number of allylic oxidation sites excluding steroid dienone is 2. The quantitative estimate of drug-likeness (QED) is 0.761. The summed E-state index contributed by atoms with van der Waals surface area (Å²) >= 11 is 0. The molecule has 0 aromatic carbocycles. The minimum Gasteiger partial charge on any atom is -0.369 e. The molecule has 5 rings (SSSR count). The van der Waals surface area contributed by atoms with E-state index < -0.39 is 0 Å². The van der Waals surface area contributed by atoms with Crippen molar-refractivity contribution in [3.8, 4) is 0 Å². The second-order valence-electron chi connectivity index (χ2n) is 8.84. The monoisotopic (exact) mass is 301 g/mol. The molecule has 5 aliphatic rings. The van der Waals surface area contributed by atoms with Crippen molar-refractivity contribution in [2.24, 2.45) is 34.3 Å². The molecule has 0 spiro atoms. The van der Waals surface area contributed by atoms with Gasteiger partial charge in [-0.2, -0.15) is 0 Å². The summed E-state index contributed by atoms with van der Waals surface area (Å²) in [5.74, 6) is 2.21. The highest BCUT2D eigenvalue weighted by molar-refractivity contribution is 5.82. The molecule has 5 aliphatic carbocycles. The van der Waals surface area contributed by atoms with Crippen LogP contribution in [0.5, 0.6) is 0 Å². The van der Waals surface area contributed by atoms with Gasteiger partial charge < -0.3 is 5.73 Å². The van der Waals surface area contributed by atoms with E-state index in [2.05, 4.69) is 13.0 Å². The molecule has 4 bridgehead atoms. The fraction of sp³-hybridized carbons (Fsp3) is 0.850. The molecular weight excluding hydrogens is 270 g/mol. The van der Waals surface area contributed by atoms with Gasteiger partial charge in [0.2, 0.25) is 5.91 Å². The first-order valence-corrected chi connectivity index (χ1v) is 9.58. The van der Waals surface area contributed by atoms with Gasteiger partial charge in [0.1, 0.15) is 0 Å². The van der Waals surface area contributed by atoms with Crippen LogP contribution in [0.3, 0.4) is 0 Å². The van der Waals surface area contributed by atoms with E-state index in [9.17, 15) is 4.79 Å². The maximum Gasteiger partial charge on any atom is 0.223 e. The van der Waals surface area contributed by atoms with Gasteiger partial charge in [-0.1, -0.05) is 37.8 Å². The zero-order valence-corrected chi connectivity index (χ0v) is 14.1. The predicted octanol–water partition coefficient (Wildman–Crippen LogP) is 4.58. The molecule has 122 valence electrons.